The van der Waals surface area contributed by atoms with Crippen molar-refractivity contribution in [3.63, 3.8) is 0 Å². The second-order valence-electron chi connectivity index (χ2n) is 8.66. The first kappa shape index (κ1) is 26.8. The van der Waals surface area contributed by atoms with E-state index >= 15 is 0 Å². The van der Waals surface area contributed by atoms with E-state index in [1.807, 2.05) is 42.5 Å². The van der Waals surface area contributed by atoms with Gasteiger partial charge in [0.1, 0.15) is 12.4 Å². The fraction of sp³-hybridized carbons (Fsp3) is 0.552. The number of para-hydroxylation sites is 2. The molecule has 182 valence electrons. The lowest BCUT2D eigenvalue weighted by molar-refractivity contribution is 0.101. The molecular formula is C29H43NO3. The fourth-order valence-electron chi connectivity index (χ4n) is 4.08. The Morgan fingerprint density at radius 3 is 2.03 bits per heavy atom. The van der Waals surface area contributed by atoms with E-state index in [4.69, 9.17) is 9.47 Å². The maximum Gasteiger partial charge on any atom is 0.513 e. The van der Waals surface area contributed by atoms with Gasteiger partial charge >= 0.3 is 6.16 Å². The van der Waals surface area contributed by atoms with Gasteiger partial charge in [-0.15, -0.1) is 0 Å². The lowest BCUT2D eigenvalue weighted by atomic mass is 10.0. The molecule has 0 saturated carbocycles. The molecule has 0 N–H and O–H groups in total. The number of ether oxygens (including phenoxy) is 2. The summed E-state index contributed by atoms with van der Waals surface area (Å²) in [4.78, 5) is 14.4. The minimum atomic E-state index is -0.630. The summed E-state index contributed by atoms with van der Waals surface area (Å²) in [6.07, 6.45) is 13.4. The van der Waals surface area contributed by atoms with Crippen molar-refractivity contribution in [1.82, 2.24) is 0 Å². The summed E-state index contributed by atoms with van der Waals surface area (Å²) < 4.78 is 10.9. The van der Waals surface area contributed by atoms with Gasteiger partial charge in [-0.2, -0.15) is 0 Å². The number of nitrogens with zero attached hydrogens (tertiary/aromatic N) is 1. The summed E-state index contributed by atoms with van der Waals surface area (Å²) in [5.74, 6) is 0.619. The molecule has 4 heteroatoms. The highest BCUT2D eigenvalue weighted by atomic mass is 16.7. The van der Waals surface area contributed by atoms with Crippen LogP contribution in [0.5, 0.6) is 5.75 Å². The zero-order chi connectivity index (χ0) is 23.6. The van der Waals surface area contributed by atoms with Crippen LogP contribution in [0.15, 0.2) is 54.6 Å². The predicted molar refractivity (Wildman–Crippen MR) is 138 cm³/mol. The Morgan fingerprint density at radius 2 is 1.36 bits per heavy atom. The molecule has 0 aliphatic carbocycles. The Balaban J connectivity index is 1.65. The van der Waals surface area contributed by atoms with Crippen molar-refractivity contribution in [2.75, 3.05) is 24.6 Å². The Morgan fingerprint density at radius 1 is 0.758 bits per heavy atom. The summed E-state index contributed by atoms with van der Waals surface area (Å²) in [7, 11) is 0. The van der Waals surface area contributed by atoms with Crippen molar-refractivity contribution in [3.8, 4) is 5.75 Å². The molecule has 0 bridgehead atoms. The standard InChI is InChI=1S/C29H43NO3/c1-3-5-6-7-8-9-10-11-12-14-19-26-20-17-18-23-28(26)33-29(31)32-25-24-30(4-2)27-21-15-13-16-22-27/h13,15-18,20-23H,3-12,14,19,24-25H2,1-2H3. The molecule has 2 aromatic rings. The van der Waals surface area contributed by atoms with Gasteiger partial charge in [-0.1, -0.05) is 101 Å². The molecule has 0 aliphatic rings. The third kappa shape index (κ3) is 11.3. The van der Waals surface area contributed by atoms with E-state index < -0.39 is 6.16 Å². The summed E-state index contributed by atoms with van der Waals surface area (Å²) in [5, 5.41) is 0. The van der Waals surface area contributed by atoms with Gasteiger partial charge in [0.15, 0.2) is 0 Å². The summed E-state index contributed by atoms with van der Waals surface area (Å²) >= 11 is 0. The van der Waals surface area contributed by atoms with Crippen LogP contribution in [0, 0.1) is 0 Å². The number of hydrogen-bond acceptors (Lipinski definition) is 4. The Bertz CT molecular complexity index is 762. The zero-order valence-electron chi connectivity index (χ0n) is 20.8. The van der Waals surface area contributed by atoms with E-state index in [1.54, 1.807) is 0 Å². The van der Waals surface area contributed by atoms with Gasteiger partial charge in [-0.3, -0.25) is 0 Å². The maximum absolute atomic E-state index is 12.3. The normalized spacial score (nSPS) is 10.7. The maximum atomic E-state index is 12.3. The van der Waals surface area contributed by atoms with Crippen LogP contribution in [0.1, 0.15) is 83.6 Å². The van der Waals surface area contributed by atoms with Crippen LogP contribution in [-0.2, 0) is 11.2 Å². The fourth-order valence-corrected chi connectivity index (χ4v) is 4.08. The van der Waals surface area contributed by atoms with E-state index in [0.29, 0.717) is 18.9 Å². The van der Waals surface area contributed by atoms with Crippen LogP contribution < -0.4 is 9.64 Å². The molecule has 0 amide bonds. The van der Waals surface area contributed by atoms with Crippen LogP contribution in [0.4, 0.5) is 10.5 Å². The van der Waals surface area contributed by atoms with Crippen LogP contribution >= 0.6 is 0 Å². The molecule has 2 rings (SSSR count). The lowest BCUT2D eigenvalue weighted by Crippen LogP contribution is -2.28. The molecule has 0 atom stereocenters. The van der Waals surface area contributed by atoms with Gasteiger partial charge in [0.05, 0.1) is 6.54 Å². The third-order valence-corrected chi connectivity index (χ3v) is 6.05. The Labute approximate surface area is 201 Å². The molecule has 0 fully saturated rings. The van der Waals surface area contributed by atoms with Crippen molar-refractivity contribution in [1.29, 1.82) is 0 Å². The van der Waals surface area contributed by atoms with Gasteiger partial charge in [-0.25, -0.2) is 4.79 Å². The first-order valence-corrected chi connectivity index (χ1v) is 13.0. The van der Waals surface area contributed by atoms with E-state index in [1.165, 1.54) is 57.8 Å². The van der Waals surface area contributed by atoms with Crippen LogP contribution in [0.25, 0.3) is 0 Å². The number of unbranched alkanes of at least 4 members (excludes halogenated alkanes) is 9. The molecule has 0 aliphatic heterocycles. The number of aryl methyl sites for hydroxylation is 1. The number of carbonyl (C=O) groups excluding carboxylic acids is 1. The monoisotopic (exact) mass is 453 g/mol. The third-order valence-electron chi connectivity index (χ3n) is 6.05. The first-order valence-electron chi connectivity index (χ1n) is 13.0. The van der Waals surface area contributed by atoms with Crippen LogP contribution in [-0.4, -0.2) is 25.9 Å². The second-order valence-corrected chi connectivity index (χ2v) is 8.66. The Kier molecular flexibility index (Phi) is 13.8. The number of rotatable bonds is 17. The van der Waals surface area contributed by atoms with Crippen molar-refractivity contribution in [2.24, 2.45) is 0 Å². The average Bonchev–Trinajstić information content (AvgIpc) is 2.84. The number of benzene rings is 2. The van der Waals surface area contributed by atoms with Gasteiger partial charge in [0, 0.05) is 12.2 Å². The van der Waals surface area contributed by atoms with Gasteiger partial charge < -0.3 is 14.4 Å². The smallest absolute Gasteiger partial charge is 0.432 e. The average molecular weight is 454 g/mol. The summed E-state index contributed by atoms with van der Waals surface area (Å²) in [5.41, 5.74) is 2.20. The molecule has 33 heavy (non-hydrogen) atoms. The molecule has 4 nitrogen and oxygen atoms in total. The summed E-state index contributed by atoms with van der Waals surface area (Å²) in [6.45, 7) is 6.14. The highest BCUT2D eigenvalue weighted by molar-refractivity contribution is 5.64. The molecular weight excluding hydrogens is 410 g/mol. The number of carbonyl (C=O) groups is 1. The van der Waals surface area contributed by atoms with Crippen molar-refractivity contribution >= 4 is 11.8 Å². The summed E-state index contributed by atoms with van der Waals surface area (Å²) in [6, 6.07) is 18.0. The number of likely N-dealkylation sites (N-methyl/N-ethyl adjacent to an activating group) is 1. The molecule has 2 aromatic carbocycles. The topological polar surface area (TPSA) is 38.8 Å². The zero-order valence-corrected chi connectivity index (χ0v) is 20.8. The lowest BCUT2D eigenvalue weighted by Gasteiger charge is -2.22. The van der Waals surface area contributed by atoms with Crippen LogP contribution in [0.3, 0.4) is 0 Å². The first-order chi connectivity index (χ1) is 16.2. The highest BCUT2D eigenvalue weighted by Crippen LogP contribution is 2.22. The van der Waals surface area contributed by atoms with Crippen molar-refractivity contribution in [3.05, 3.63) is 60.2 Å². The quantitative estimate of drug-likeness (QED) is 0.137. The molecule has 0 heterocycles. The SMILES string of the molecule is CCCCCCCCCCCCc1ccccc1OC(=O)OCCN(CC)c1ccccc1. The second kappa shape index (κ2) is 17.0. The van der Waals surface area contributed by atoms with E-state index in [-0.39, 0.29) is 0 Å². The van der Waals surface area contributed by atoms with Crippen molar-refractivity contribution < 1.29 is 14.3 Å². The predicted octanol–water partition coefficient (Wildman–Crippen LogP) is 8.19. The van der Waals surface area contributed by atoms with Gasteiger partial charge in [-0.05, 0) is 43.5 Å². The van der Waals surface area contributed by atoms with E-state index in [9.17, 15) is 4.79 Å². The van der Waals surface area contributed by atoms with Gasteiger partial charge in [0.2, 0.25) is 0 Å². The molecule has 0 saturated heterocycles. The molecule has 0 spiro atoms. The van der Waals surface area contributed by atoms with Crippen LogP contribution in [0.2, 0.25) is 0 Å². The van der Waals surface area contributed by atoms with Gasteiger partial charge in [0.25, 0.3) is 0 Å². The molecule has 0 unspecified atom stereocenters. The molecule has 0 aromatic heterocycles. The highest BCUT2D eigenvalue weighted by Gasteiger charge is 2.11. The largest absolute Gasteiger partial charge is 0.513 e. The minimum Gasteiger partial charge on any atom is -0.432 e. The van der Waals surface area contributed by atoms with E-state index in [0.717, 1.165) is 30.6 Å². The minimum absolute atomic E-state index is 0.294. The van der Waals surface area contributed by atoms with E-state index in [2.05, 4.69) is 30.9 Å². The molecule has 0 radical (unpaired) electrons. The number of hydrogen-bond donors (Lipinski definition) is 0. The Hall–Kier alpha value is -2.49. The van der Waals surface area contributed by atoms with Crippen molar-refractivity contribution in [2.45, 2.75) is 84.5 Å². The number of anilines is 1.